The van der Waals surface area contributed by atoms with Crippen molar-refractivity contribution in [2.24, 2.45) is 7.05 Å². The largest absolute Gasteiger partial charge is 0.422 e. The zero-order valence-corrected chi connectivity index (χ0v) is 10.1. The zero-order chi connectivity index (χ0) is 13.4. The normalized spacial score (nSPS) is 11.0. The molecule has 0 aliphatic carbocycles. The van der Waals surface area contributed by atoms with Crippen molar-refractivity contribution >= 4 is 10.9 Å². The first-order valence-corrected chi connectivity index (χ1v) is 5.62. The third kappa shape index (κ3) is 1.85. The molecule has 0 saturated carbocycles. The van der Waals surface area contributed by atoms with E-state index >= 15 is 0 Å². The summed E-state index contributed by atoms with van der Waals surface area (Å²) in [5, 5.41) is 4.30. The van der Waals surface area contributed by atoms with Gasteiger partial charge in [0.1, 0.15) is 12.2 Å². The maximum Gasteiger partial charge on any atom is 0.422 e. The lowest BCUT2D eigenvalue weighted by molar-refractivity contribution is 0.420. The Kier molecular flexibility index (Phi) is 2.52. The molecule has 0 unspecified atom stereocenters. The number of para-hydroxylation sites is 1. The van der Waals surface area contributed by atoms with Crippen LogP contribution >= 0.6 is 0 Å². The number of rotatable bonds is 2. The van der Waals surface area contributed by atoms with Crippen LogP contribution in [-0.2, 0) is 13.6 Å². The summed E-state index contributed by atoms with van der Waals surface area (Å²) >= 11 is 0. The van der Waals surface area contributed by atoms with Gasteiger partial charge < -0.3 is 4.42 Å². The number of fused-ring (bicyclic) bond motifs is 1. The summed E-state index contributed by atoms with van der Waals surface area (Å²) in [4.78, 5) is 27.5. The van der Waals surface area contributed by atoms with E-state index in [9.17, 15) is 9.59 Å². The summed E-state index contributed by atoms with van der Waals surface area (Å²) in [6.45, 7) is 0.194. The highest BCUT2D eigenvalue weighted by Gasteiger charge is 2.11. The van der Waals surface area contributed by atoms with E-state index in [4.69, 9.17) is 4.42 Å². The van der Waals surface area contributed by atoms with Gasteiger partial charge >= 0.3 is 11.4 Å². The van der Waals surface area contributed by atoms with Crippen molar-refractivity contribution in [2.45, 2.75) is 6.54 Å². The Morgan fingerprint density at radius 1 is 1.26 bits per heavy atom. The first kappa shape index (κ1) is 11.4. The van der Waals surface area contributed by atoms with Gasteiger partial charge in [-0.15, -0.1) is 0 Å². The molecule has 2 heterocycles. The fraction of sp³-hybridized carbons (Fsp3) is 0.167. The molecule has 0 amide bonds. The third-order valence-corrected chi connectivity index (χ3v) is 2.92. The smallest absolute Gasteiger partial charge is 0.372 e. The van der Waals surface area contributed by atoms with Crippen LogP contribution in [0.5, 0.6) is 0 Å². The number of aryl methyl sites for hydroxylation is 1. The predicted molar refractivity (Wildman–Crippen MR) is 66.8 cm³/mol. The molecular weight excluding hydrogens is 248 g/mol. The molecular formula is C12H10N4O3. The third-order valence-electron chi connectivity index (χ3n) is 2.92. The Labute approximate surface area is 106 Å². The number of hydrogen-bond donors (Lipinski definition) is 0. The second-order valence-electron chi connectivity index (χ2n) is 4.06. The van der Waals surface area contributed by atoms with Crippen molar-refractivity contribution in [1.29, 1.82) is 0 Å². The molecule has 0 spiro atoms. The van der Waals surface area contributed by atoms with E-state index in [1.165, 1.54) is 10.9 Å². The monoisotopic (exact) mass is 258 g/mol. The van der Waals surface area contributed by atoms with Gasteiger partial charge in [0.15, 0.2) is 0 Å². The van der Waals surface area contributed by atoms with Crippen molar-refractivity contribution in [2.75, 3.05) is 0 Å². The van der Waals surface area contributed by atoms with Crippen LogP contribution < -0.4 is 11.4 Å². The van der Waals surface area contributed by atoms with Crippen LogP contribution in [0.25, 0.3) is 10.9 Å². The lowest BCUT2D eigenvalue weighted by Gasteiger charge is -2.07. The SMILES string of the molecule is Cn1ncnc1Cn1c(=O)oc(=O)c2ccccc21. The zero-order valence-electron chi connectivity index (χ0n) is 10.1. The molecule has 0 bridgehead atoms. The summed E-state index contributed by atoms with van der Waals surface area (Å²) in [5.41, 5.74) is -0.110. The second kappa shape index (κ2) is 4.20. The summed E-state index contributed by atoms with van der Waals surface area (Å²) in [6.07, 6.45) is 1.40. The number of hydrogen-bond acceptors (Lipinski definition) is 5. The van der Waals surface area contributed by atoms with Crippen LogP contribution in [0.2, 0.25) is 0 Å². The molecule has 0 aliphatic rings. The molecule has 7 heteroatoms. The van der Waals surface area contributed by atoms with Gasteiger partial charge in [-0.1, -0.05) is 12.1 Å². The van der Waals surface area contributed by atoms with Crippen LogP contribution in [0.3, 0.4) is 0 Å². The average Bonchev–Trinajstić information content (AvgIpc) is 2.80. The highest BCUT2D eigenvalue weighted by molar-refractivity contribution is 5.77. The van der Waals surface area contributed by atoms with E-state index in [-0.39, 0.29) is 6.54 Å². The Balaban J connectivity index is 2.27. The van der Waals surface area contributed by atoms with Gasteiger partial charge in [0, 0.05) is 7.05 Å². The van der Waals surface area contributed by atoms with Crippen LogP contribution in [0.15, 0.2) is 44.6 Å². The Morgan fingerprint density at radius 3 is 2.79 bits per heavy atom. The average molecular weight is 258 g/mol. The van der Waals surface area contributed by atoms with Crippen LogP contribution in [0.4, 0.5) is 0 Å². The molecule has 19 heavy (non-hydrogen) atoms. The van der Waals surface area contributed by atoms with Gasteiger partial charge in [0.2, 0.25) is 0 Å². The first-order chi connectivity index (χ1) is 9.16. The van der Waals surface area contributed by atoms with Gasteiger partial charge in [-0.3, -0.25) is 9.25 Å². The van der Waals surface area contributed by atoms with Gasteiger partial charge in [0.05, 0.1) is 17.4 Å². The minimum Gasteiger partial charge on any atom is -0.372 e. The van der Waals surface area contributed by atoms with Crippen molar-refractivity contribution in [3.8, 4) is 0 Å². The molecule has 0 fully saturated rings. The molecule has 0 atom stereocenters. The summed E-state index contributed by atoms with van der Waals surface area (Å²) in [7, 11) is 1.73. The van der Waals surface area contributed by atoms with Crippen molar-refractivity contribution in [1.82, 2.24) is 19.3 Å². The summed E-state index contributed by atoms with van der Waals surface area (Å²) in [5.74, 6) is -0.104. The summed E-state index contributed by atoms with van der Waals surface area (Å²) < 4.78 is 7.63. The van der Waals surface area contributed by atoms with Crippen LogP contribution in [0.1, 0.15) is 5.82 Å². The van der Waals surface area contributed by atoms with E-state index in [1.807, 2.05) is 0 Å². The Morgan fingerprint density at radius 2 is 2.05 bits per heavy atom. The highest BCUT2D eigenvalue weighted by atomic mass is 16.4. The van der Waals surface area contributed by atoms with Gasteiger partial charge in [-0.05, 0) is 12.1 Å². The standard InChI is InChI=1S/C12H10N4O3/c1-15-10(13-7-14-15)6-16-9-5-3-2-4-8(9)11(17)19-12(16)18/h2-5,7H,6H2,1H3. The maximum atomic E-state index is 11.8. The molecule has 1 aromatic carbocycles. The highest BCUT2D eigenvalue weighted by Crippen LogP contribution is 2.08. The quantitative estimate of drug-likeness (QED) is 0.652. The molecule has 7 nitrogen and oxygen atoms in total. The Bertz CT molecular complexity index is 859. The van der Waals surface area contributed by atoms with Crippen molar-refractivity contribution < 1.29 is 4.42 Å². The topological polar surface area (TPSA) is 82.9 Å². The van der Waals surface area contributed by atoms with Gasteiger partial charge in [-0.2, -0.15) is 5.10 Å². The number of benzene rings is 1. The summed E-state index contributed by atoms with van der Waals surface area (Å²) in [6, 6.07) is 6.79. The molecule has 2 aromatic heterocycles. The second-order valence-corrected chi connectivity index (χ2v) is 4.06. The van der Waals surface area contributed by atoms with Crippen molar-refractivity contribution in [3.63, 3.8) is 0 Å². The lowest BCUT2D eigenvalue weighted by atomic mass is 10.2. The number of aromatic nitrogens is 4. The molecule has 3 aromatic rings. The molecule has 0 radical (unpaired) electrons. The lowest BCUT2D eigenvalue weighted by Crippen LogP contribution is -2.26. The fourth-order valence-corrected chi connectivity index (χ4v) is 1.92. The molecule has 0 N–H and O–H groups in total. The van der Waals surface area contributed by atoms with Gasteiger partial charge in [-0.25, -0.2) is 14.6 Å². The predicted octanol–water partition coefficient (Wildman–Crippen LogP) is 0.131. The van der Waals surface area contributed by atoms with Crippen molar-refractivity contribution in [3.05, 3.63) is 57.4 Å². The van der Waals surface area contributed by atoms with E-state index in [2.05, 4.69) is 10.1 Å². The maximum absolute atomic E-state index is 11.8. The van der Waals surface area contributed by atoms with E-state index < -0.39 is 11.4 Å². The van der Waals surface area contributed by atoms with Crippen LogP contribution in [0, 0.1) is 0 Å². The van der Waals surface area contributed by atoms with E-state index in [1.54, 1.807) is 36.0 Å². The van der Waals surface area contributed by atoms with Crippen LogP contribution in [-0.4, -0.2) is 19.3 Å². The molecule has 3 rings (SSSR count). The molecule has 0 saturated heterocycles. The van der Waals surface area contributed by atoms with Gasteiger partial charge in [0.25, 0.3) is 0 Å². The minimum atomic E-state index is -0.702. The Hall–Kier alpha value is -2.70. The first-order valence-electron chi connectivity index (χ1n) is 5.62. The minimum absolute atomic E-state index is 0.194. The molecule has 96 valence electrons. The van der Waals surface area contributed by atoms with E-state index in [0.717, 1.165) is 0 Å². The number of nitrogens with zero attached hydrogens (tertiary/aromatic N) is 4. The fourth-order valence-electron chi connectivity index (χ4n) is 1.92. The van der Waals surface area contributed by atoms with E-state index in [0.29, 0.717) is 16.7 Å². The molecule has 0 aliphatic heterocycles.